The molecule has 25 heavy (non-hydrogen) atoms. The third-order valence-corrected chi connectivity index (χ3v) is 2.76. The number of carbonyl (C=O) groups excluding carboxylic acids is 1. The lowest BCUT2D eigenvalue weighted by molar-refractivity contribution is -0.160. The summed E-state index contributed by atoms with van der Waals surface area (Å²) in [4.78, 5) is 11.4. The van der Waals surface area contributed by atoms with Gasteiger partial charge in [0.2, 0.25) is 0 Å². The van der Waals surface area contributed by atoms with Gasteiger partial charge in [-0.15, -0.1) is 0 Å². The molecule has 0 aliphatic heterocycles. The Morgan fingerprint density at radius 1 is 0.880 bits per heavy atom. The van der Waals surface area contributed by atoms with Gasteiger partial charge in [-0.25, -0.2) is 4.79 Å². The van der Waals surface area contributed by atoms with Gasteiger partial charge in [0.15, 0.2) is 0 Å². The van der Waals surface area contributed by atoms with E-state index in [0.717, 1.165) is 5.75 Å². The van der Waals surface area contributed by atoms with Crippen LogP contribution in [0.5, 0.6) is 5.75 Å². The summed E-state index contributed by atoms with van der Waals surface area (Å²) in [5, 5.41) is 0. The van der Waals surface area contributed by atoms with Gasteiger partial charge >= 0.3 is 5.97 Å². The van der Waals surface area contributed by atoms with Crippen LogP contribution in [0.2, 0.25) is 0 Å². The molecule has 0 saturated carbocycles. The minimum Gasteiger partial charge on any atom is -0.491 e. The van der Waals surface area contributed by atoms with E-state index < -0.39 is 5.60 Å². The maximum absolute atomic E-state index is 11.4. The van der Waals surface area contributed by atoms with E-state index in [1.54, 1.807) is 12.1 Å². The molecule has 0 fully saturated rings. The summed E-state index contributed by atoms with van der Waals surface area (Å²) in [7, 11) is 0. The van der Waals surface area contributed by atoms with Gasteiger partial charge in [-0.05, 0) is 45.0 Å². The van der Waals surface area contributed by atoms with Gasteiger partial charge in [-0.2, -0.15) is 0 Å². The molecule has 0 atom stereocenters. The zero-order chi connectivity index (χ0) is 18.5. The Labute approximate surface area is 149 Å². The fourth-order valence-electron chi connectivity index (χ4n) is 1.75. The predicted octanol–water partition coefficient (Wildman–Crippen LogP) is 2.04. The van der Waals surface area contributed by atoms with Crippen LogP contribution in [0.3, 0.4) is 0 Å². The maximum atomic E-state index is 11.4. The normalized spacial score (nSPS) is 11.3. The van der Waals surface area contributed by atoms with Crippen molar-refractivity contribution in [1.82, 2.24) is 0 Å². The SMILES string of the molecule is CC(C)(C)OC(=O)COCCOCCOCCOc1ccc(N)cc1. The molecule has 1 rings (SSSR count). The summed E-state index contributed by atoms with van der Waals surface area (Å²) in [5.74, 6) is 0.383. The van der Waals surface area contributed by atoms with Crippen molar-refractivity contribution in [2.75, 3.05) is 52.0 Å². The lowest BCUT2D eigenvalue weighted by Gasteiger charge is -2.19. The maximum Gasteiger partial charge on any atom is 0.332 e. The fraction of sp³-hybridized carbons (Fsp3) is 0.611. The number of ether oxygens (including phenoxy) is 5. The molecule has 0 unspecified atom stereocenters. The number of rotatable bonds is 12. The largest absolute Gasteiger partial charge is 0.491 e. The zero-order valence-electron chi connectivity index (χ0n) is 15.3. The van der Waals surface area contributed by atoms with Crippen LogP contribution in [0.1, 0.15) is 20.8 Å². The summed E-state index contributed by atoms with van der Waals surface area (Å²) in [5.41, 5.74) is 5.80. The van der Waals surface area contributed by atoms with E-state index in [9.17, 15) is 4.79 Å². The molecular weight excluding hydrogens is 326 g/mol. The molecular formula is C18H29NO6. The van der Waals surface area contributed by atoms with Crippen LogP contribution in [0.25, 0.3) is 0 Å². The van der Waals surface area contributed by atoms with E-state index in [1.807, 2.05) is 32.9 Å². The van der Waals surface area contributed by atoms with Crippen LogP contribution in [0.15, 0.2) is 24.3 Å². The first-order valence-electron chi connectivity index (χ1n) is 8.30. The van der Waals surface area contributed by atoms with Crippen LogP contribution >= 0.6 is 0 Å². The van der Waals surface area contributed by atoms with Gasteiger partial charge in [0.1, 0.15) is 24.6 Å². The minimum absolute atomic E-state index is 0.0698. The molecule has 0 aliphatic rings. The van der Waals surface area contributed by atoms with Crippen molar-refractivity contribution in [2.24, 2.45) is 0 Å². The Kier molecular flexibility index (Phi) is 9.91. The number of esters is 1. The molecule has 0 radical (unpaired) electrons. The van der Waals surface area contributed by atoms with Crippen LogP contribution in [0.4, 0.5) is 5.69 Å². The Morgan fingerprint density at radius 2 is 1.40 bits per heavy atom. The highest BCUT2D eigenvalue weighted by Crippen LogP contribution is 2.12. The second kappa shape index (κ2) is 11.7. The summed E-state index contributed by atoms with van der Waals surface area (Å²) in [6, 6.07) is 7.20. The van der Waals surface area contributed by atoms with Crippen molar-refractivity contribution in [1.29, 1.82) is 0 Å². The second-order valence-electron chi connectivity index (χ2n) is 6.28. The molecule has 0 bridgehead atoms. The smallest absolute Gasteiger partial charge is 0.332 e. The standard InChI is InChI=1S/C18H29NO6/c1-18(2,3)25-17(20)14-23-11-10-21-8-9-22-12-13-24-16-6-4-15(19)5-7-16/h4-7H,8-14,19H2,1-3H3. The molecule has 7 heteroatoms. The Bertz CT molecular complexity index is 483. The molecule has 0 amide bonds. The fourth-order valence-corrected chi connectivity index (χ4v) is 1.75. The van der Waals surface area contributed by atoms with Gasteiger partial charge in [0, 0.05) is 5.69 Å². The molecule has 1 aromatic rings. The molecule has 0 heterocycles. The number of hydrogen-bond donors (Lipinski definition) is 1. The number of anilines is 1. The first-order chi connectivity index (χ1) is 11.9. The third kappa shape index (κ3) is 12.2. The highest BCUT2D eigenvalue weighted by atomic mass is 16.6. The zero-order valence-corrected chi connectivity index (χ0v) is 15.3. The third-order valence-electron chi connectivity index (χ3n) is 2.76. The van der Waals surface area contributed by atoms with Crippen LogP contribution in [-0.2, 0) is 23.7 Å². The lowest BCUT2D eigenvalue weighted by Crippen LogP contribution is -2.27. The van der Waals surface area contributed by atoms with E-state index in [4.69, 9.17) is 29.4 Å². The molecule has 0 aromatic heterocycles. The van der Waals surface area contributed by atoms with Gasteiger partial charge in [-0.3, -0.25) is 0 Å². The number of benzene rings is 1. The van der Waals surface area contributed by atoms with Gasteiger partial charge in [-0.1, -0.05) is 0 Å². The molecule has 0 aliphatic carbocycles. The van der Waals surface area contributed by atoms with E-state index in [1.165, 1.54) is 0 Å². The predicted molar refractivity (Wildman–Crippen MR) is 94.7 cm³/mol. The highest BCUT2D eigenvalue weighted by Gasteiger charge is 2.15. The summed E-state index contributed by atoms with van der Waals surface area (Å²) in [6.45, 7) is 7.96. The Morgan fingerprint density at radius 3 is 1.96 bits per heavy atom. The number of hydrogen-bond acceptors (Lipinski definition) is 7. The van der Waals surface area contributed by atoms with Crippen LogP contribution in [0, 0.1) is 0 Å². The average molecular weight is 355 g/mol. The second-order valence-corrected chi connectivity index (χ2v) is 6.28. The van der Waals surface area contributed by atoms with Crippen molar-refractivity contribution in [2.45, 2.75) is 26.4 Å². The van der Waals surface area contributed by atoms with Crippen LogP contribution in [-0.4, -0.2) is 57.8 Å². The number of nitrogen functional groups attached to an aromatic ring is 1. The van der Waals surface area contributed by atoms with Crippen LogP contribution < -0.4 is 10.5 Å². The lowest BCUT2D eigenvalue weighted by atomic mass is 10.2. The topological polar surface area (TPSA) is 89.2 Å². The average Bonchev–Trinajstić information content (AvgIpc) is 2.52. The molecule has 2 N–H and O–H groups in total. The van der Waals surface area contributed by atoms with Gasteiger partial charge in [0.25, 0.3) is 0 Å². The van der Waals surface area contributed by atoms with Gasteiger partial charge < -0.3 is 29.4 Å². The Balaban J connectivity index is 1.86. The van der Waals surface area contributed by atoms with Gasteiger partial charge in [0.05, 0.1) is 33.0 Å². The Hall–Kier alpha value is -1.83. The molecule has 7 nitrogen and oxygen atoms in total. The van der Waals surface area contributed by atoms with Crippen molar-refractivity contribution in [3.05, 3.63) is 24.3 Å². The van der Waals surface area contributed by atoms with Crippen molar-refractivity contribution in [3.63, 3.8) is 0 Å². The molecule has 1 aromatic carbocycles. The van der Waals surface area contributed by atoms with E-state index >= 15 is 0 Å². The monoisotopic (exact) mass is 355 g/mol. The van der Waals surface area contributed by atoms with Crippen molar-refractivity contribution in [3.8, 4) is 5.75 Å². The summed E-state index contributed by atoms with van der Waals surface area (Å²) in [6.07, 6.45) is 0. The first-order valence-corrected chi connectivity index (χ1v) is 8.30. The molecule has 142 valence electrons. The minimum atomic E-state index is -0.494. The molecule has 0 saturated heterocycles. The van der Waals surface area contributed by atoms with Crippen molar-refractivity contribution >= 4 is 11.7 Å². The van der Waals surface area contributed by atoms with E-state index in [2.05, 4.69) is 0 Å². The quantitative estimate of drug-likeness (QED) is 0.349. The van der Waals surface area contributed by atoms with E-state index in [-0.39, 0.29) is 12.6 Å². The van der Waals surface area contributed by atoms with E-state index in [0.29, 0.717) is 45.3 Å². The number of nitrogens with two attached hydrogens (primary N) is 1. The molecule has 0 spiro atoms. The number of carbonyl (C=O) groups is 1. The summed E-state index contributed by atoms with van der Waals surface area (Å²) < 4.78 is 26.5. The van der Waals surface area contributed by atoms with Crippen molar-refractivity contribution < 1.29 is 28.5 Å². The highest BCUT2D eigenvalue weighted by molar-refractivity contribution is 5.71. The first kappa shape index (κ1) is 21.2. The summed E-state index contributed by atoms with van der Waals surface area (Å²) >= 11 is 0.